The van der Waals surface area contributed by atoms with Crippen LogP contribution in [0.1, 0.15) is 52.4 Å². The predicted molar refractivity (Wildman–Crippen MR) is 65.0 cm³/mol. The van der Waals surface area contributed by atoms with Crippen molar-refractivity contribution in [2.24, 2.45) is 0 Å². The summed E-state index contributed by atoms with van der Waals surface area (Å²) in [5, 5.41) is 0. The van der Waals surface area contributed by atoms with Crippen LogP contribution in [0.2, 0.25) is 0 Å². The third-order valence-corrected chi connectivity index (χ3v) is 2.35. The molecule has 91 valence electrons. The molecule has 0 saturated carbocycles. The molecule has 0 rings (SSSR count). The summed E-state index contributed by atoms with van der Waals surface area (Å²) in [6.45, 7) is 10.7. The Hall–Kier alpha value is -0.0800. The largest absolute Gasteiger partial charge is 0.382 e. The van der Waals surface area contributed by atoms with Gasteiger partial charge in [-0.15, -0.1) is 0 Å². The molecule has 0 fully saturated rings. The van der Waals surface area contributed by atoms with E-state index in [1.165, 1.54) is 6.42 Å². The number of unbranched alkanes of at least 4 members (excludes halogenated alkanes) is 1. The maximum Gasteiger partial charge on any atom is 0.0575 e. The summed E-state index contributed by atoms with van der Waals surface area (Å²) >= 11 is 0. The SMILES string of the molecule is [CH2]CCC(CCCCOCC)OCCC. The van der Waals surface area contributed by atoms with Gasteiger partial charge in [-0.05, 0) is 39.0 Å². The van der Waals surface area contributed by atoms with Gasteiger partial charge in [-0.25, -0.2) is 0 Å². The molecule has 1 atom stereocenters. The number of rotatable bonds is 11. The van der Waals surface area contributed by atoms with E-state index in [4.69, 9.17) is 9.47 Å². The van der Waals surface area contributed by atoms with Gasteiger partial charge in [0.15, 0.2) is 0 Å². The van der Waals surface area contributed by atoms with Crippen LogP contribution in [0.5, 0.6) is 0 Å². The number of ether oxygens (including phenoxy) is 2. The molecule has 0 aliphatic rings. The minimum Gasteiger partial charge on any atom is -0.382 e. The average Bonchev–Trinajstić information content (AvgIpc) is 2.25. The minimum absolute atomic E-state index is 0.420. The Balaban J connectivity index is 3.38. The molecule has 1 radical (unpaired) electrons. The van der Waals surface area contributed by atoms with Gasteiger partial charge in [-0.1, -0.05) is 20.3 Å². The fourth-order valence-corrected chi connectivity index (χ4v) is 1.54. The van der Waals surface area contributed by atoms with Crippen molar-refractivity contribution in [3.8, 4) is 0 Å². The molecule has 0 aliphatic heterocycles. The lowest BCUT2D eigenvalue weighted by atomic mass is 10.1. The highest BCUT2D eigenvalue weighted by atomic mass is 16.5. The molecule has 0 spiro atoms. The van der Waals surface area contributed by atoms with Crippen molar-refractivity contribution in [2.75, 3.05) is 19.8 Å². The molecule has 2 heteroatoms. The average molecular weight is 215 g/mol. The first-order valence-corrected chi connectivity index (χ1v) is 6.33. The second kappa shape index (κ2) is 12.0. The van der Waals surface area contributed by atoms with Crippen molar-refractivity contribution in [3.05, 3.63) is 6.92 Å². The van der Waals surface area contributed by atoms with Crippen LogP contribution in [-0.2, 0) is 9.47 Å². The van der Waals surface area contributed by atoms with Crippen molar-refractivity contribution in [2.45, 2.75) is 58.5 Å². The molecule has 0 heterocycles. The van der Waals surface area contributed by atoms with E-state index in [9.17, 15) is 0 Å². The Bertz CT molecular complexity index is 115. The first-order valence-electron chi connectivity index (χ1n) is 6.33. The van der Waals surface area contributed by atoms with Gasteiger partial charge in [-0.3, -0.25) is 0 Å². The molecule has 2 nitrogen and oxygen atoms in total. The van der Waals surface area contributed by atoms with E-state index in [1.54, 1.807) is 0 Å². The van der Waals surface area contributed by atoms with Crippen molar-refractivity contribution in [1.82, 2.24) is 0 Å². The molecule has 0 aromatic heterocycles. The summed E-state index contributed by atoms with van der Waals surface area (Å²) in [5.74, 6) is 0. The molecule has 1 unspecified atom stereocenters. The lowest BCUT2D eigenvalue weighted by molar-refractivity contribution is 0.0389. The molecule has 0 aromatic rings. The first kappa shape index (κ1) is 14.9. The Kier molecular flexibility index (Phi) is 11.9. The van der Waals surface area contributed by atoms with E-state index in [2.05, 4.69) is 13.8 Å². The van der Waals surface area contributed by atoms with Crippen LogP contribution in [-0.4, -0.2) is 25.9 Å². The van der Waals surface area contributed by atoms with Crippen LogP contribution >= 0.6 is 0 Å². The maximum atomic E-state index is 5.76. The molecular formula is C13H27O2. The van der Waals surface area contributed by atoms with Crippen LogP contribution in [0.25, 0.3) is 0 Å². The number of hydrogen-bond acceptors (Lipinski definition) is 2. The van der Waals surface area contributed by atoms with Crippen LogP contribution in [0.3, 0.4) is 0 Å². The summed E-state index contributed by atoms with van der Waals surface area (Å²) in [5.41, 5.74) is 0. The van der Waals surface area contributed by atoms with Crippen molar-refractivity contribution in [3.63, 3.8) is 0 Å². The molecule has 0 aliphatic carbocycles. The quantitative estimate of drug-likeness (QED) is 0.490. The predicted octanol–water partition coefficient (Wildman–Crippen LogP) is 3.60. The van der Waals surface area contributed by atoms with Crippen molar-refractivity contribution >= 4 is 0 Å². The summed E-state index contributed by atoms with van der Waals surface area (Å²) in [7, 11) is 0. The highest BCUT2D eigenvalue weighted by Gasteiger charge is 2.06. The summed E-state index contributed by atoms with van der Waals surface area (Å²) in [6.07, 6.45) is 7.10. The van der Waals surface area contributed by atoms with Gasteiger partial charge < -0.3 is 9.47 Å². The number of hydrogen-bond donors (Lipinski definition) is 0. The standard InChI is InChI=1S/C13H27O2/c1-4-9-13(15-11-5-2)10-7-8-12-14-6-3/h13H,1,4-12H2,2-3H3. The third kappa shape index (κ3) is 10.2. The summed E-state index contributed by atoms with van der Waals surface area (Å²) < 4.78 is 11.1. The zero-order chi connectivity index (χ0) is 11.4. The molecule has 0 amide bonds. The zero-order valence-electron chi connectivity index (χ0n) is 10.5. The Morgan fingerprint density at radius 3 is 2.47 bits per heavy atom. The molecule has 15 heavy (non-hydrogen) atoms. The highest BCUT2D eigenvalue weighted by molar-refractivity contribution is 4.59. The van der Waals surface area contributed by atoms with Crippen LogP contribution in [0.15, 0.2) is 0 Å². The van der Waals surface area contributed by atoms with Crippen LogP contribution in [0, 0.1) is 6.92 Å². The van der Waals surface area contributed by atoms with Crippen molar-refractivity contribution in [1.29, 1.82) is 0 Å². The van der Waals surface area contributed by atoms with E-state index < -0.39 is 0 Å². The molecule has 0 aromatic carbocycles. The lowest BCUT2D eigenvalue weighted by Gasteiger charge is -2.16. The van der Waals surface area contributed by atoms with Crippen LogP contribution in [0.4, 0.5) is 0 Å². The lowest BCUT2D eigenvalue weighted by Crippen LogP contribution is -2.13. The highest BCUT2D eigenvalue weighted by Crippen LogP contribution is 2.11. The Labute approximate surface area is 95.3 Å². The Morgan fingerprint density at radius 1 is 1.07 bits per heavy atom. The topological polar surface area (TPSA) is 18.5 Å². The van der Waals surface area contributed by atoms with E-state index >= 15 is 0 Å². The van der Waals surface area contributed by atoms with Crippen molar-refractivity contribution < 1.29 is 9.47 Å². The fraction of sp³-hybridized carbons (Fsp3) is 0.923. The van der Waals surface area contributed by atoms with Crippen LogP contribution < -0.4 is 0 Å². The van der Waals surface area contributed by atoms with E-state index in [0.29, 0.717) is 6.10 Å². The monoisotopic (exact) mass is 215 g/mol. The molecule has 0 saturated heterocycles. The van der Waals surface area contributed by atoms with Gasteiger partial charge in [0.2, 0.25) is 0 Å². The smallest absolute Gasteiger partial charge is 0.0575 e. The van der Waals surface area contributed by atoms with Gasteiger partial charge in [0.05, 0.1) is 6.10 Å². The fourth-order valence-electron chi connectivity index (χ4n) is 1.54. The minimum atomic E-state index is 0.420. The van der Waals surface area contributed by atoms with Gasteiger partial charge in [0, 0.05) is 19.8 Å². The normalized spacial score (nSPS) is 13.0. The maximum absolute atomic E-state index is 5.76. The molecule has 0 N–H and O–H groups in total. The zero-order valence-corrected chi connectivity index (χ0v) is 10.5. The summed E-state index contributed by atoms with van der Waals surface area (Å²) in [4.78, 5) is 0. The molecule has 0 bridgehead atoms. The van der Waals surface area contributed by atoms with E-state index in [-0.39, 0.29) is 0 Å². The van der Waals surface area contributed by atoms with E-state index in [0.717, 1.165) is 51.9 Å². The second-order valence-electron chi connectivity index (χ2n) is 3.83. The van der Waals surface area contributed by atoms with E-state index in [1.807, 2.05) is 6.92 Å². The summed E-state index contributed by atoms with van der Waals surface area (Å²) in [6, 6.07) is 0. The second-order valence-corrected chi connectivity index (χ2v) is 3.83. The van der Waals surface area contributed by atoms with Gasteiger partial charge in [0.1, 0.15) is 0 Å². The van der Waals surface area contributed by atoms with Gasteiger partial charge in [-0.2, -0.15) is 0 Å². The first-order chi connectivity index (χ1) is 7.35. The molecular weight excluding hydrogens is 188 g/mol. The third-order valence-electron chi connectivity index (χ3n) is 2.35. The Morgan fingerprint density at radius 2 is 1.87 bits per heavy atom. The van der Waals surface area contributed by atoms with Gasteiger partial charge in [0.25, 0.3) is 0 Å². The van der Waals surface area contributed by atoms with Gasteiger partial charge >= 0.3 is 0 Å².